The van der Waals surface area contributed by atoms with Crippen LogP contribution in [-0.2, 0) is 10.8 Å². The normalized spacial score (nSPS) is 13.7. The molecule has 13 rings (SSSR count). The van der Waals surface area contributed by atoms with E-state index in [-0.39, 0.29) is 5.41 Å². The molecule has 0 bridgehead atoms. The quantitative estimate of drug-likeness (QED) is 0.161. The molecule has 0 saturated carbocycles. The third-order valence-electron chi connectivity index (χ3n) is 14.4. The van der Waals surface area contributed by atoms with Crippen LogP contribution in [0.5, 0.6) is 0 Å². The molecule has 1 spiro atoms. The lowest BCUT2D eigenvalue weighted by atomic mass is 9.55. The second-order valence-corrected chi connectivity index (χ2v) is 18.2. The van der Waals surface area contributed by atoms with Gasteiger partial charge >= 0.3 is 0 Å². The van der Waals surface area contributed by atoms with Crippen molar-refractivity contribution in [1.82, 2.24) is 9.97 Å². The molecule has 0 radical (unpaired) electrons. The van der Waals surface area contributed by atoms with Crippen LogP contribution in [0.15, 0.2) is 218 Å². The second-order valence-electron chi connectivity index (χ2n) is 18.2. The number of hydrogen-bond donors (Lipinski definition) is 0. The van der Waals surface area contributed by atoms with E-state index in [4.69, 9.17) is 9.97 Å². The second kappa shape index (κ2) is 14.6. The van der Waals surface area contributed by atoms with Crippen molar-refractivity contribution >= 4 is 21.5 Å². The highest BCUT2D eigenvalue weighted by molar-refractivity contribution is 6.21. The summed E-state index contributed by atoms with van der Waals surface area (Å²) in [7, 11) is 0. The molecular formula is C64H42N2. The highest BCUT2D eigenvalue weighted by Gasteiger charge is 2.53. The van der Waals surface area contributed by atoms with Crippen LogP contribution in [0.4, 0.5) is 0 Å². The standard InChI is InChI=1S/C64H42N2/c1-63(2)52-32-16-18-34-54(52)64(55-35-19-17-33-53(55)63)51-38-37-44(60-47-29-14-12-27-45(47)59(42-23-8-4-9-24-42)46-28-13-15-30-48(46)60)39-50(51)61-49(31-20-36-56(61)64)58-40-57(41-21-6-3-7-22-41)65-62(66-58)43-25-10-5-11-26-43/h3-6,8-21,23-40H,1-2H3. The minimum Gasteiger partial charge on any atom is -0.228 e. The number of benzene rings is 9. The average Bonchev–Trinajstić information content (AvgIpc) is 3.68. The summed E-state index contributed by atoms with van der Waals surface area (Å²) in [5.74, 6) is 0.672. The van der Waals surface area contributed by atoms with Crippen LogP contribution >= 0.6 is 0 Å². The van der Waals surface area contributed by atoms with Gasteiger partial charge in [0.25, 0.3) is 0 Å². The van der Waals surface area contributed by atoms with E-state index in [0.717, 1.165) is 28.1 Å². The van der Waals surface area contributed by atoms with Crippen LogP contribution in [0.2, 0.25) is 0 Å². The minimum absolute atomic E-state index is 0.216. The van der Waals surface area contributed by atoms with E-state index in [2.05, 4.69) is 226 Å². The van der Waals surface area contributed by atoms with Crippen molar-refractivity contribution in [2.75, 3.05) is 0 Å². The van der Waals surface area contributed by atoms with Crippen molar-refractivity contribution < 1.29 is 0 Å². The molecule has 0 saturated heterocycles. The van der Waals surface area contributed by atoms with Crippen molar-refractivity contribution in [3.8, 4) is 67.3 Å². The molecule has 0 amide bonds. The highest BCUT2D eigenvalue weighted by atomic mass is 14.9. The molecule has 11 aromatic rings. The summed E-state index contributed by atoms with van der Waals surface area (Å²) in [6.45, 7) is 4.77. The Bertz CT molecular complexity index is 3550. The first kappa shape index (κ1) is 38.1. The van der Waals surface area contributed by atoms with Crippen molar-refractivity contribution in [3.05, 3.63) is 264 Å². The topological polar surface area (TPSA) is 25.8 Å². The Kier molecular flexibility index (Phi) is 8.42. The fourth-order valence-corrected chi connectivity index (χ4v) is 11.6. The summed E-state index contributed by atoms with van der Waals surface area (Å²) >= 11 is 0. The number of hydrogen-bond acceptors (Lipinski definition) is 2. The van der Waals surface area contributed by atoms with Crippen LogP contribution in [0.1, 0.15) is 47.2 Å². The highest BCUT2D eigenvalue weighted by Crippen LogP contribution is 2.64. The van der Waals surface area contributed by atoms with Crippen molar-refractivity contribution in [3.63, 3.8) is 0 Å². The van der Waals surface area contributed by atoms with Gasteiger partial charge in [0.15, 0.2) is 5.82 Å². The van der Waals surface area contributed by atoms with E-state index in [1.54, 1.807) is 0 Å². The van der Waals surface area contributed by atoms with Gasteiger partial charge in [-0.2, -0.15) is 0 Å². The maximum absolute atomic E-state index is 5.46. The third kappa shape index (κ3) is 5.44. The van der Waals surface area contributed by atoms with Gasteiger partial charge in [-0.1, -0.05) is 220 Å². The molecule has 0 unspecified atom stereocenters. The van der Waals surface area contributed by atoms with Gasteiger partial charge in [-0.15, -0.1) is 0 Å². The number of nitrogens with zero attached hydrogens (tertiary/aromatic N) is 2. The van der Waals surface area contributed by atoms with Crippen LogP contribution < -0.4 is 0 Å². The molecule has 2 nitrogen and oxygen atoms in total. The largest absolute Gasteiger partial charge is 0.228 e. The Labute approximate surface area is 385 Å². The Morgan fingerprint density at radius 3 is 1.50 bits per heavy atom. The van der Waals surface area contributed by atoms with E-state index in [1.807, 2.05) is 18.2 Å². The Hall–Kier alpha value is -8.38. The van der Waals surface area contributed by atoms with Gasteiger partial charge in [0.2, 0.25) is 0 Å². The molecule has 0 N–H and O–H groups in total. The zero-order valence-electron chi connectivity index (χ0n) is 36.7. The average molecular weight is 839 g/mol. The Morgan fingerprint density at radius 2 is 0.894 bits per heavy atom. The maximum Gasteiger partial charge on any atom is 0.160 e. The molecule has 2 aliphatic carbocycles. The van der Waals surface area contributed by atoms with Gasteiger partial charge < -0.3 is 0 Å². The predicted octanol–water partition coefficient (Wildman–Crippen LogP) is 15.7. The van der Waals surface area contributed by atoms with Crippen LogP contribution in [-0.4, -0.2) is 9.97 Å². The molecule has 0 atom stereocenters. The van der Waals surface area contributed by atoms with Gasteiger partial charge in [-0.25, -0.2) is 9.97 Å². The SMILES string of the molecule is CC1(C)c2ccccc2C2(c3ccc(-c4c5ccccc5c(-c5ccccc5)c5ccccc45)cc3-c3c(-c4cc(-c5c#cccc5)nc(-c5ccccc5)n4)cccc32)c2ccccc21. The van der Waals surface area contributed by atoms with E-state index in [9.17, 15) is 0 Å². The summed E-state index contributed by atoms with van der Waals surface area (Å²) in [4.78, 5) is 10.6. The molecule has 1 heterocycles. The Balaban J connectivity index is 1.16. The minimum atomic E-state index is -0.594. The maximum atomic E-state index is 5.46. The summed E-state index contributed by atoms with van der Waals surface area (Å²) in [6.07, 6.45) is 0. The fraction of sp³-hybridized carbons (Fsp3) is 0.0625. The van der Waals surface area contributed by atoms with E-state index >= 15 is 0 Å². The summed E-state index contributed by atoms with van der Waals surface area (Å²) in [5, 5.41) is 4.94. The van der Waals surface area contributed by atoms with Gasteiger partial charge in [0.05, 0.1) is 22.4 Å². The van der Waals surface area contributed by atoms with Crippen molar-refractivity contribution in [2.24, 2.45) is 0 Å². The first-order chi connectivity index (χ1) is 32.5. The fourth-order valence-electron chi connectivity index (χ4n) is 11.6. The molecule has 2 heteroatoms. The van der Waals surface area contributed by atoms with Crippen LogP contribution in [0.25, 0.3) is 88.8 Å². The molecule has 0 fully saturated rings. The molecule has 10 aromatic carbocycles. The lowest BCUT2D eigenvalue weighted by Crippen LogP contribution is -2.40. The third-order valence-corrected chi connectivity index (χ3v) is 14.4. The first-order valence-corrected chi connectivity index (χ1v) is 22.8. The molecule has 308 valence electrons. The number of fused-ring (bicyclic) bond motifs is 11. The van der Waals surface area contributed by atoms with Gasteiger partial charge in [-0.3, -0.25) is 0 Å². The molecule has 2 aliphatic rings. The lowest BCUT2D eigenvalue weighted by Gasteiger charge is -2.46. The van der Waals surface area contributed by atoms with Crippen molar-refractivity contribution in [2.45, 2.75) is 24.7 Å². The van der Waals surface area contributed by atoms with E-state index in [1.165, 1.54) is 88.3 Å². The zero-order valence-corrected chi connectivity index (χ0v) is 36.7. The molecule has 66 heavy (non-hydrogen) atoms. The van der Waals surface area contributed by atoms with Gasteiger partial charge in [0, 0.05) is 16.5 Å². The lowest BCUT2D eigenvalue weighted by molar-refractivity contribution is 0.563. The summed E-state index contributed by atoms with van der Waals surface area (Å²) in [6, 6.07) is 86.2. The molecule has 1 aromatic heterocycles. The zero-order chi connectivity index (χ0) is 44.0. The van der Waals surface area contributed by atoms with Crippen molar-refractivity contribution in [1.29, 1.82) is 0 Å². The van der Waals surface area contributed by atoms with Gasteiger partial charge in [0.1, 0.15) is 0 Å². The predicted molar refractivity (Wildman–Crippen MR) is 271 cm³/mol. The first-order valence-electron chi connectivity index (χ1n) is 22.8. The smallest absolute Gasteiger partial charge is 0.160 e. The molecular weight excluding hydrogens is 797 g/mol. The van der Waals surface area contributed by atoms with Crippen LogP contribution in [0.3, 0.4) is 0 Å². The number of rotatable bonds is 5. The number of aromatic nitrogens is 2. The van der Waals surface area contributed by atoms with Crippen LogP contribution in [0, 0.1) is 12.1 Å². The molecule has 0 aliphatic heterocycles. The monoisotopic (exact) mass is 838 g/mol. The van der Waals surface area contributed by atoms with E-state index < -0.39 is 5.41 Å². The summed E-state index contributed by atoms with van der Waals surface area (Å²) in [5.41, 5.74) is 18.9. The summed E-state index contributed by atoms with van der Waals surface area (Å²) < 4.78 is 0. The Morgan fingerprint density at radius 1 is 0.364 bits per heavy atom. The van der Waals surface area contributed by atoms with Gasteiger partial charge in [-0.05, 0) is 113 Å². The van der Waals surface area contributed by atoms with E-state index in [0.29, 0.717) is 5.82 Å².